The molecule has 5 nitrogen and oxygen atoms in total. The lowest BCUT2D eigenvalue weighted by molar-refractivity contribution is 0.0995. The first-order valence-electron chi connectivity index (χ1n) is 6.31. The fourth-order valence-corrected chi connectivity index (χ4v) is 2.55. The third-order valence-corrected chi connectivity index (χ3v) is 3.65. The third kappa shape index (κ3) is 2.95. The van der Waals surface area contributed by atoms with Crippen LogP contribution < -0.4 is 11.1 Å². The summed E-state index contributed by atoms with van der Waals surface area (Å²) in [6.07, 6.45) is 0. The zero-order valence-electron chi connectivity index (χ0n) is 11.3. The predicted octanol–water partition coefficient (Wildman–Crippen LogP) is 3.55. The van der Waals surface area contributed by atoms with Crippen LogP contribution in [-0.4, -0.2) is 10.9 Å². The van der Waals surface area contributed by atoms with E-state index in [2.05, 4.69) is 10.3 Å². The average molecular weight is 299 g/mol. The van der Waals surface area contributed by atoms with Crippen LogP contribution in [0.4, 0.5) is 10.8 Å². The maximum atomic E-state index is 12.0. The van der Waals surface area contributed by atoms with Gasteiger partial charge in [0.05, 0.1) is 5.69 Å². The topological polar surface area (TPSA) is 81.2 Å². The lowest BCUT2D eigenvalue weighted by atomic mass is 10.1. The molecule has 0 aliphatic rings. The number of rotatable bonds is 3. The number of hydrogen-bond donors (Lipinski definition) is 2. The summed E-state index contributed by atoms with van der Waals surface area (Å²) >= 11 is 1.36. The number of amides is 1. The van der Waals surface area contributed by atoms with E-state index in [0.29, 0.717) is 16.6 Å². The van der Waals surface area contributed by atoms with E-state index in [1.165, 1.54) is 11.3 Å². The molecular formula is C15H13N3O2S. The largest absolute Gasteiger partial charge is 0.456 e. The van der Waals surface area contributed by atoms with E-state index in [0.717, 1.165) is 11.3 Å². The highest BCUT2D eigenvalue weighted by molar-refractivity contribution is 7.14. The fraction of sp³-hybridized carbons (Fsp3) is 0.0667. The van der Waals surface area contributed by atoms with Crippen molar-refractivity contribution in [3.05, 3.63) is 53.3 Å². The Morgan fingerprint density at radius 3 is 2.67 bits per heavy atom. The number of aromatic nitrogens is 1. The van der Waals surface area contributed by atoms with E-state index in [1.807, 2.05) is 29.6 Å². The fourth-order valence-electron chi connectivity index (χ4n) is 1.83. The molecule has 2 heterocycles. The summed E-state index contributed by atoms with van der Waals surface area (Å²) in [4.78, 5) is 16.3. The van der Waals surface area contributed by atoms with E-state index in [-0.39, 0.29) is 11.7 Å². The molecule has 3 N–H and O–H groups in total. The Morgan fingerprint density at radius 1 is 1.24 bits per heavy atom. The molecule has 1 amide bonds. The summed E-state index contributed by atoms with van der Waals surface area (Å²) in [6, 6.07) is 10.8. The smallest absolute Gasteiger partial charge is 0.293 e. The van der Waals surface area contributed by atoms with Crippen molar-refractivity contribution in [3.63, 3.8) is 0 Å². The molecule has 3 rings (SSSR count). The molecule has 0 atom stereocenters. The van der Waals surface area contributed by atoms with Gasteiger partial charge >= 0.3 is 0 Å². The van der Waals surface area contributed by atoms with Crippen LogP contribution in [0.1, 0.15) is 16.3 Å². The number of carbonyl (C=O) groups excluding carboxylic acids is 1. The number of hydrogen-bond acceptors (Lipinski definition) is 5. The second-order valence-electron chi connectivity index (χ2n) is 4.52. The van der Waals surface area contributed by atoms with Crippen molar-refractivity contribution in [2.24, 2.45) is 0 Å². The highest BCUT2D eigenvalue weighted by atomic mass is 32.1. The molecule has 0 fully saturated rings. The average Bonchev–Trinajstić information content (AvgIpc) is 3.09. The Labute approximate surface area is 125 Å². The molecular weight excluding hydrogens is 286 g/mol. The number of anilines is 2. The molecule has 0 spiro atoms. The van der Waals surface area contributed by atoms with Crippen molar-refractivity contribution in [1.29, 1.82) is 0 Å². The first kappa shape index (κ1) is 13.4. The summed E-state index contributed by atoms with van der Waals surface area (Å²) in [5, 5.41) is 5.14. The summed E-state index contributed by atoms with van der Waals surface area (Å²) < 4.78 is 5.27. The quantitative estimate of drug-likeness (QED) is 0.725. The van der Waals surface area contributed by atoms with Crippen molar-refractivity contribution in [2.75, 3.05) is 11.1 Å². The van der Waals surface area contributed by atoms with Gasteiger partial charge in [0.2, 0.25) is 0 Å². The summed E-state index contributed by atoms with van der Waals surface area (Å²) in [7, 11) is 0. The minimum atomic E-state index is -0.304. The number of carbonyl (C=O) groups is 1. The van der Waals surface area contributed by atoms with Crippen LogP contribution in [-0.2, 0) is 0 Å². The van der Waals surface area contributed by atoms with E-state index in [4.69, 9.17) is 10.2 Å². The minimum Gasteiger partial charge on any atom is -0.456 e. The van der Waals surface area contributed by atoms with Crippen molar-refractivity contribution >= 4 is 28.1 Å². The molecule has 0 bridgehead atoms. The van der Waals surface area contributed by atoms with E-state index in [1.54, 1.807) is 19.1 Å². The van der Waals surface area contributed by atoms with Crippen LogP contribution in [0.25, 0.3) is 11.3 Å². The zero-order valence-corrected chi connectivity index (χ0v) is 12.1. The Hall–Kier alpha value is -2.60. The number of nitrogen functional groups attached to an aromatic ring is 1. The standard InChI is InChI=1S/C15H13N3O2S/c1-9-2-7-13(20-9)14(19)18-15-17-12(8-21-15)10-3-5-11(16)6-4-10/h2-8H,16H2,1H3,(H,17,18,19). The van der Waals surface area contributed by atoms with Crippen molar-refractivity contribution in [2.45, 2.75) is 6.92 Å². The highest BCUT2D eigenvalue weighted by Crippen LogP contribution is 2.25. The molecule has 0 saturated heterocycles. The van der Waals surface area contributed by atoms with Gasteiger partial charge in [-0.3, -0.25) is 10.1 Å². The first-order chi connectivity index (χ1) is 10.1. The maximum absolute atomic E-state index is 12.0. The molecule has 6 heteroatoms. The van der Waals surface area contributed by atoms with Gasteiger partial charge in [-0.15, -0.1) is 11.3 Å². The number of thiazole rings is 1. The number of nitrogens with one attached hydrogen (secondary N) is 1. The van der Waals surface area contributed by atoms with Crippen LogP contribution in [0.3, 0.4) is 0 Å². The lowest BCUT2D eigenvalue weighted by Crippen LogP contribution is -2.10. The number of furan rings is 1. The van der Waals surface area contributed by atoms with Crippen LogP contribution in [0.2, 0.25) is 0 Å². The van der Waals surface area contributed by atoms with Gasteiger partial charge in [0.15, 0.2) is 10.9 Å². The monoisotopic (exact) mass is 299 g/mol. The van der Waals surface area contributed by atoms with Gasteiger partial charge in [-0.25, -0.2) is 4.98 Å². The van der Waals surface area contributed by atoms with E-state index < -0.39 is 0 Å². The number of aryl methyl sites for hydroxylation is 1. The van der Waals surface area contributed by atoms with Gasteiger partial charge in [-0.2, -0.15) is 0 Å². The summed E-state index contributed by atoms with van der Waals surface area (Å²) in [6.45, 7) is 1.79. The summed E-state index contributed by atoms with van der Waals surface area (Å²) in [5.74, 6) is 0.667. The zero-order chi connectivity index (χ0) is 14.8. The van der Waals surface area contributed by atoms with Crippen molar-refractivity contribution < 1.29 is 9.21 Å². The van der Waals surface area contributed by atoms with Crippen LogP contribution in [0.15, 0.2) is 46.2 Å². The second-order valence-corrected chi connectivity index (χ2v) is 5.38. The van der Waals surface area contributed by atoms with Crippen LogP contribution in [0, 0.1) is 6.92 Å². The molecule has 0 radical (unpaired) electrons. The van der Waals surface area contributed by atoms with Gasteiger partial charge in [0, 0.05) is 16.6 Å². The molecule has 0 aliphatic heterocycles. The SMILES string of the molecule is Cc1ccc(C(=O)Nc2nc(-c3ccc(N)cc3)cs2)o1. The van der Waals surface area contributed by atoms with Crippen LogP contribution >= 0.6 is 11.3 Å². The maximum Gasteiger partial charge on any atom is 0.293 e. The first-order valence-corrected chi connectivity index (χ1v) is 7.19. The summed E-state index contributed by atoms with van der Waals surface area (Å²) in [5.41, 5.74) is 8.11. The normalized spacial score (nSPS) is 10.5. The minimum absolute atomic E-state index is 0.275. The Morgan fingerprint density at radius 2 is 2.00 bits per heavy atom. The van der Waals surface area contributed by atoms with Gasteiger partial charge in [0.1, 0.15) is 5.76 Å². The van der Waals surface area contributed by atoms with Crippen molar-refractivity contribution in [1.82, 2.24) is 4.98 Å². The lowest BCUT2D eigenvalue weighted by Gasteiger charge is -1.99. The Kier molecular flexibility index (Phi) is 3.45. The van der Waals surface area contributed by atoms with Gasteiger partial charge in [-0.05, 0) is 31.2 Å². The van der Waals surface area contributed by atoms with Gasteiger partial charge < -0.3 is 10.2 Å². The van der Waals surface area contributed by atoms with E-state index >= 15 is 0 Å². The molecule has 2 aromatic heterocycles. The van der Waals surface area contributed by atoms with Gasteiger partial charge in [-0.1, -0.05) is 12.1 Å². The van der Waals surface area contributed by atoms with Crippen molar-refractivity contribution in [3.8, 4) is 11.3 Å². The van der Waals surface area contributed by atoms with Crippen LogP contribution in [0.5, 0.6) is 0 Å². The van der Waals surface area contributed by atoms with E-state index in [9.17, 15) is 4.79 Å². The second kappa shape index (κ2) is 5.41. The highest BCUT2D eigenvalue weighted by Gasteiger charge is 2.12. The molecule has 0 saturated carbocycles. The number of nitrogens with two attached hydrogens (primary N) is 1. The molecule has 21 heavy (non-hydrogen) atoms. The molecule has 0 aliphatic carbocycles. The molecule has 3 aromatic rings. The Bertz CT molecular complexity index is 774. The number of benzene rings is 1. The number of nitrogens with zero attached hydrogens (tertiary/aromatic N) is 1. The van der Waals surface area contributed by atoms with Gasteiger partial charge in [0.25, 0.3) is 5.91 Å². The molecule has 0 unspecified atom stereocenters. The molecule has 106 valence electrons. The molecule has 1 aromatic carbocycles. The Balaban J connectivity index is 1.76. The predicted molar refractivity (Wildman–Crippen MR) is 83.4 cm³/mol. The third-order valence-electron chi connectivity index (χ3n) is 2.90.